The van der Waals surface area contributed by atoms with E-state index in [-0.39, 0.29) is 24.1 Å². The largest absolute Gasteiger partial charge is 0.482 e. The van der Waals surface area contributed by atoms with Gasteiger partial charge in [-0.1, -0.05) is 18.7 Å². The Bertz CT molecular complexity index is 1530. The van der Waals surface area contributed by atoms with Gasteiger partial charge in [0.2, 0.25) is 0 Å². The molecule has 1 aromatic carbocycles. The van der Waals surface area contributed by atoms with Gasteiger partial charge >= 0.3 is 5.91 Å². The molecule has 0 saturated heterocycles. The van der Waals surface area contributed by atoms with Crippen molar-refractivity contribution in [2.45, 2.75) is 58.3 Å². The first kappa shape index (κ1) is 33.2. The van der Waals surface area contributed by atoms with E-state index in [2.05, 4.69) is 39.6 Å². The number of pyridine rings is 1. The maximum absolute atomic E-state index is 13.5. The number of nitrogens with zero attached hydrogens (tertiary/aromatic N) is 3. The van der Waals surface area contributed by atoms with Crippen LogP contribution in [0.25, 0.3) is 0 Å². The Morgan fingerprint density at radius 1 is 1.24 bits per heavy atom. The Morgan fingerprint density at radius 3 is 2.74 bits per heavy atom. The smallest absolute Gasteiger partial charge is 0.411 e. The summed E-state index contributed by atoms with van der Waals surface area (Å²) in [5, 5.41) is 9.73. The minimum absolute atomic E-state index is 0.0746. The lowest BCUT2D eigenvalue weighted by molar-refractivity contribution is -0.451. The number of methoxy groups -OCH3 is 1. The molecule has 2 atom stereocenters. The second-order valence-corrected chi connectivity index (χ2v) is 12.3. The quantitative estimate of drug-likeness (QED) is 0.165. The van der Waals surface area contributed by atoms with Crippen LogP contribution in [0.4, 0.5) is 0 Å². The Labute approximate surface area is 272 Å². The zero-order valence-corrected chi connectivity index (χ0v) is 27.5. The summed E-state index contributed by atoms with van der Waals surface area (Å²) in [6, 6.07) is 8.14. The van der Waals surface area contributed by atoms with E-state index in [4.69, 9.17) is 14.5 Å². The minimum Gasteiger partial charge on any atom is -0.482 e. The summed E-state index contributed by atoms with van der Waals surface area (Å²) in [6.45, 7) is 13.8. The van der Waals surface area contributed by atoms with Gasteiger partial charge in [0.05, 0.1) is 25.4 Å². The number of ether oxygens (including phenoxy) is 2. The number of carbonyl (C=O) groups is 2. The van der Waals surface area contributed by atoms with Gasteiger partial charge in [0.25, 0.3) is 5.91 Å². The van der Waals surface area contributed by atoms with Crippen LogP contribution in [0.3, 0.4) is 0 Å². The first-order valence-corrected chi connectivity index (χ1v) is 16.1. The minimum atomic E-state index is -0.370. The molecule has 10 heteroatoms. The molecule has 1 fully saturated rings. The van der Waals surface area contributed by atoms with Crippen molar-refractivity contribution in [3.05, 3.63) is 95.0 Å². The molecule has 1 aromatic heterocycles. The predicted molar refractivity (Wildman–Crippen MR) is 179 cm³/mol. The average molecular weight is 628 g/mol. The van der Waals surface area contributed by atoms with Crippen molar-refractivity contribution < 1.29 is 23.6 Å². The summed E-state index contributed by atoms with van der Waals surface area (Å²) in [7, 11) is 1.67. The molecule has 3 N–H and O–H groups in total. The lowest BCUT2D eigenvalue weighted by Gasteiger charge is -2.30. The molecule has 3 aliphatic rings. The van der Waals surface area contributed by atoms with Crippen LogP contribution < -0.4 is 20.7 Å². The highest BCUT2D eigenvalue weighted by atomic mass is 16.5. The van der Waals surface area contributed by atoms with Gasteiger partial charge in [0.1, 0.15) is 11.9 Å². The van der Waals surface area contributed by atoms with Gasteiger partial charge < -0.3 is 25.4 Å². The highest BCUT2D eigenvalue weighted by molar-refractivity contribution is 5.96. The summed E-state index contributed by atoms with van der Waals surface area (Å²) < 4.78 is 13.9. The maximum atomic E-state index is 13.5. The van der Waals surface area contributed by atoms with Crippen LogP contribution in [0, 0.1) is 6.92 Å². The summed E-state index contributed by atoms with van der Waals surface area (Å²) in [5.41, 5.74) is 6.41. The third-order valence-corrected chi connectivity index (χ3v) is 8.77. The molecule has 0 radical (unpaired) electrons. The number of hydrogen-bond donors (Lipinski definition) is 3. The standard InChI is InChI=1S/C36H46N6O4/c1-6-34(43)42-16-15-41(22-26(42)4)23-33(31-12-11-28(21-39-31)27-9-10-27)46-32-18-25(3)30(19-29(32)20-37-14-17-45-5)36(44)40-35-24(2)8-7-13-38-35/h6-8,11-13,18-19,21,27,33,35,37-38H,1,9-10,14-17,20,22-23H2,2-5H3/p+1. The van der Waals surface area contributed by atoms with Crippen molar-refractivity contribution in [1.29, 1.82) is 0 Å². The zero-order chi connectivity index (χ0) is 32.6. The number of aryl methyl sites for hydroxylation is 1. The van der Waals surface area contributed by atoms with Gasteiger partial charge in [0, 0.05) is 57.1 Å². The third-order valence-electron chi connectivity index (χ3n) is 8.77. The van der Waals surface area contributed by atoms with Gasteiger partial charge in [-0.3, -0.25) is 14.7 Å². The van der Waals surface area contributed by atoms with Crippen molar-refractivity contribution in [1.82, 2.24) is 25.8 Å². The summed E-state index contributed by atoms with van der Waals surface area (Å²) in [4.78, 5) is 33.0. The Kier molecular flexibility index (Phi) is 11.2. The highest BCUT2D eigenvalue weighted by Crippen LogP contribution is 2.40. The van der Waals surface area contributed by atoms with Crippen molar-refractivity contribution in [2.24, 2.45) is 0 Å². The van der Waals surface area contributed by atoms with Crippen LogP contribution in [0.1, 0.15) is 71.5 Å². The van der Waals surface area contributed by atoms with Crippen LogP contribution in [-0.4, -0.2) is 84.6 Å². The van der Waals surface area contributed by atoms with Crippen LogP contribution in [0.2, 0.25) is 0 Å². The molecular formula is C36H47N6O4+. The van der Waals surface area contributed by atoms with Crippen molar-refractivity contribution in [3.63, 3.8) is 0 Å². The second kappa shape index (κ2) is 15.4. The molecule has 46 heavy (non-hydrogen) atoms. The molecule has 1 aliphatic carbocycles. The molecule has 3 heterocycles. The highest BCUT2D eigenvalue weighted by Gasteiger charge is 2.30. The van der Waals surface area contributed by atoms with Crippen LogP contribution in [0.15, 0.2) is 67.0 Å². The predicted octanol–water partition coefficient (Wildman–Crippen LogP) is 3.74. The first-order chi connectivity index (χ1) is 22.3. The molecular weight excluding hydrogens is 580 g/mol. The van der Waals surface area contributed by atoms with E-state index < -0.39 is 0 Å². The lowest BCUT2D eigenvalue weighted by Crippen LogP contribution is -2.47. The van der Waals surface area contributed by atoms with Gasteiger partial charge in [0.15, 0.2) is 18.4 Å². The number of rotatable bonds is 14. The zero-order valence-electron chi connectivity index (χ0n) is 27.5. The van der Waals surface area contributed by atoms with E-state index in [1.54, 1.807) is 11.7 Å². The van der Waals surface area contributed by atoms with Gasteiger partial charge in [-0.2, -0.15) is 4.58 Å². The number of nitrogens with one attached hydrogen (secondary N) is 3. The fourth-order valence-corrected chi connectivity index (χ4v) is 5.89. The summed E-state index contributed by atoms with van der Waals surface area (Å²) in [6.07, 6.45) is 10.9. The van der Waals surface area contributed by atoms with E-state index in [9.17, 15) is 9.59 Å². The fraction of sp³-hybridized carbons (Fsp3) is 0.444. The molecule has 2 aromatic rings. The number of hydrogen-bond acceptors (Lipinski definition) is 8. The third kappa shape index (κ3) is 8.37. The molecule has 0 spiro atoms. The number of dihydropyridines is 1. The number of allylic oxidation sites excluding steroid dienone is 2. The summed E-state index contributed by atoms with van der Waals surface area (Å²) >= 11 is 0. The molecule has 2 aliphatic heterocycles. The van der Waals surface area contributed by atoms with Crippen molar-refractivity contribution in [2.75, 3.05) is 46.4 Å². The SMILES string of the molecule is C=CC(=O)[N+]1=C(C)CN(CC(Oc2cc(C)c(C(=O)NC3NC=CC=C3C)cc2CNCCOC)c2ccc(C3CC3)cn2)CC1. The van der Waals surface area contributed by atoms with Crippen LogP contribution in [-0.2, 0) is 16.1 Å². The van der Waals surface area contributed by atoms with Crippen LogP contribution in [0.5, 0.6) is 5.75 Å². The van der Waals surface area contributed by atoms with E-state index in [1.165, 1.54) is 24.5 Å². The van der Waals surface area contributed by atoms with Crippen molar-refractivity contribution >= 4 is 17.5 Å². The maximum Gasteiger partial charge on any atom is 0.411 e. The van der Waals surface area contributed by atoms with Gasteiger partial charge in [-0.05, 0) is 79.8 Å². The van der Waals surface area contributed by atoms with Gasteiger partial charge in [-0.25, -0.2) is 4.79 Å². The van der Waals surface area contributed by atoms with Crippen molar-refractivity contribution in [3.8, 4) is 5.75 Å². The number of benzene rings is 1. The molecule has 0 bridgehead atoms. The number of carbonyl (C=O) groups excluding carboxylic acids is 2. The molecule has 2 amide bonds. The van der Waals surface area contributed by atoms with E-state index in [0.29, 0.717) is 63.1 Å². The average Bonchev–Trinajstić information content (AvgIpc) is 3.90. The molecule has 244 valence electrons. The molecule has 5 rings (SSSR count). The van der Waals surface area contributed by atoms with Crippen LogP contribution >= 0.6 is 0 Å². The fourth-order valence-electron chi connectivity index (χ4n) is 5.89. The lowest BCUT2D eigenvalue weighted by atomic mass is 10.0. The van der Waals surface area contributed by atoms with E-state index >= 15 is 0 Å². The number of amides is 2. The second-order valence-electron chi connectivity index (χ2n) is 12.3. The molecule has 1 saturated carbocycles. The normalized spacial score (nSPS) is 18.9. The topological polar surface area (TPSA) is 108 Å². The van der Waals surface area contributed by atoms with E-state index in [0.717, 1.165) is 28.1 Å². The van der Waals surface area contributed by atoms with Gasteiger partial charge in [-0.15, -0.1) is 0 Å². The Morgan fingerprint density at radius 2 is 2.07 bits per heavy atom. The monoisotopic (exact) mass is 627 g/mol. The molecule has 2 unspecified atom stereocenters. The van der Waals surface area contributed by atoms with E-state index in [1.807, 2.05) is 57.5 Å². The summed E-state index contributed by atoms with van der Waals surface area (Å²) in [5.74, 6) is 1.08. The first-order valence-electron chi connectivity index (χ1n) is 16.1. The molecule has 10 nitrogen and oxygen atoms in total. The number of aromatic nitrogens is 1. The Balaban J connectivity index is 1.42. The Hall–Kier alpha value is -4.12.